The summed E-state index contributed by atoms with van der Waals surface area (Å²) in [4.78, 5) is 16.6. The predicted octanol–water partition coefficient (Wildman–Crippen LogP) is 2.76. The molecule has 1 amide bonds. The van der Waals surface area contributed by atoms with Crippen LogP contribution in [0.4, 0.5) is 4.39 Å². The molecule has 0 saturated carbocycles. The van der Waals surface area contributed by atoms with Gasteiger partial charge in [-0.2, -0.15) is 0 Å². The molecule has 1 fully saturated rings. The summed E-state index contributed by atoms with van der Waals surface area (Å²) in [6.07, 6.45) is 1.59. The van der Waals surface area contributed by atoms with Crippen molar-refractivity contribution < 1.29 is 18.3 Å². The zero-order valence-corrected chi connectivity index (χ0v) is 18.8. The molecule has 0 bridgehead atoms. The molecule has 0 unspecified atom stereocenters. The zero-order chi connectivity index (χ0) is 22.3. The molecule has 8 nitrogen and oxygen atoms in total. The van der Waals surface area contributed by atoms with Crippen molar-refractivity contribution in [2.24, 2.45) is 0 Å². The Morgan fingerprint density at radius 3 is 2.66 bits per heavy atom. The van der Waals surface area contributed by atoms with E-state index in [-0.39, 0.29) is 17.5 Å². The summed E-state index contributed by atoms with van der Waals surface area (Å²) in [5.74, 6) is 1.30. The molecule has 0 radical (unpaired) electrons. The van der Waals surface area contributed by atoms with E-state index >= 15 is 0 Å². The Morgan fingerprint density at radius 2 is 1.94 bits per heavy atom. The number of amides is 1. The SMILES string of the molecule is CN(Cc1ccco1)C(=O)CSc1nnc(-c2ccc(F)cc2)n1CCN1CCOCC1. The first kappa shape index (κ1) is 22.5. The zero-order valence-electron chi connectivity index (χ0n) is 17.9. The van der Waals surface area contributed by atoms with Gasteiger partial charge in [0.05, 0.1) is 31.8 Å². The molecule has 0 N–H and O–H groups in total. The lowest BCUT2D eigenvalue weighted by Gasteiger charge is -2.27. The van der Waals surface area contributed by atoms with Crippen molar-refractivity contribution >= 4 is 17.7 Å². The molecule has 0 atom stereocenters. The third kappa shape index (κ3) is 5.76. The molecule has 2 aromatic heterocycles. The van der Waals surface area contributed by atoms with E-state index in [0.29, 0.717) is 24.1 Å². The van der Waals surface area contributed by atoms with Gasteiger partial charge in [-0.25, -0.2) is 4.39 Å². The Hall–Kier alpha value is -2.69. The van der Waals surface area contributed by atoms with Crippen LogP contribution in [0.15, 0.2) is 52.2 Å². The van der Waals surface area contributed by atoms with Gasteiger partial charge in [0.25, 0.3) is 0 Å². The number of nitrogens with zero attached hydrogens (tertiary/aromatic N) is 5. The highest BCUT2D eigenvalue weighted by Crippen LogP contribution is 2.25. The van der Waals surface area contributed by atoms with Crippen LogP contribution >= 0.6 is 11.8 Å². The number of morpholine rings is 1. The number of ether oxygens (including phenoxy) is 1. The van der Waals surface area contributed by atoms with Crippen LogP contribution in [0.25, 0.3) is 11.4 Å². The molecule has 1 aliphatic rings. The smallest absolute Gasteiger partial charge is 0.233 e. The molecule has 3 heterocycles. The topological polar surface area (TPSA) is 76.6 Å². The molecule has 3 aromatic rings. The minimum Gasteiger partial charge on any atom is -0.467 e. The van der Waals surface area contributed by atoms with E-state index < -0.39 is 0 Å². The Bertz CT molecular complexity index is 1000. The maximum Gasteiger partial charge on any atom is 0.233 e. The largest absolute Gasteiger partial charge is 0.467 e. The summed E-state index contributed by atoms with van der Waals surface area (Å²) in [6.45, 7) is 5.11. The number of halogens is 1. The number of thioether (sulfide) groups is 1. The van der Waals surface area contributed by atoms with Crippen molar-refractivity contribution in [2.75, 3.05) is 45.6 Å². The Kier molecular flexibility index (Phi) is 7.56. The molecule has 0 aliphatic carbocycles. The van der Waals surface area contributed by atoms with Crippen LogP contribution in [0.5, 0.6) is 0 Å². The van der Waals surface area contributed by atoms with E-state index in [1.165, 1.54) is 23.9 Å². The van der Waals surface area contributed by atoms with Crippen LogP contribution in [-0.4, -0.2) is 76.1 Å². The predicted molar refractivity (Wildman–Crippen MR) is 119 cm³/mol. The number of carbonyl (C=O) groups is 1. The molecule has 0 spiro atoms. The fourth-order valence-electron chi connectivity index (χ4n) is 3.44. The molecule has 1 aliphatic heterocycles. The van der Waals surface area contributed by atoms with E-state index in [0.717, 1.165) is 44.2 Å². The van der Waals surface area contributed by atoms with Crippen LogP contribution in [-0.2, 0) is 22.6 Å². The number of hydrogen-bond donors (Lipinski definition) is 0. The van der Waals surface area contributed by atoms with Gasteiger partial charge in [0.1, 0.15) is 11.6 Å². The first-order valence-corrected chi connectivity index (χ1v) is 11.5. The summed E-state index contributed by atoms with van der Waals surface area (Å²) >= 11 is 1.35. The quantitative estimate of drug-likeness (QED) is 0.456. The third-order valence-corrected chi connectivity index (χ3v) is 6.24. The van der Waals surface area contributed by atoms with Gasteiger partial charge in [0.15, 0.2) is 11.0 Å². The summed E-state index contributed by atoms with van der Waals surface area (Å²) < 4.78 is 26.2. The number of aromatic nitrogens is 3. The molecular formula is C22H26FN5O3S. The van der Waals surface area contributed by atoms with Crippen molar-refractivity contribution in [3.05, 3.63) is 54.2 Å². The van der Waals surface area contributed by atoms with E-state index in [1.54, 1.807) is 36.4 Å². The summed E-state index contributed by atoms with van der Waals surface area (Å²) in [5.41, 5.74) is 0.786. The number of rotatable bonds is 9. The monoisotopic (exact) mass is 459 g/mol. The Morgan fingerprint density at radius 1 is 1.16 bits per heavy atom. The highest BCUT2D eigenvalue weighted by Gasteiger charge is 2.19. The molecule has 170 valence electrons. The van der Waals surface area contributed by atoms with Gasteiger partial charge >= 0.3 is 0 Å². The van der Waals surface area contributed by atoms with Crippen molar-refractivity contribution in [1.82, 2.24) is 24.6 Å². The molecule has 1 saturated heterocycles. The minimum atomic E-state index is -0.298. The number of hydrogen-bond acceptors (Lipinski definition) is 7. The summed E-state index contributed by atoms with van der Waals surface area (Å²) in [5, 5.41) is 9.35. The maximum atomic E-state index is 13.4. The average Bonchev–Trinajstić information content (AvgIpc) is 3.47. The normalized spacial score (nSPS) is 14.6. The second-order valence-corrected chi connectivity index (χ2v) is 8.48. The standard InChI is InChI=1S/C22H26FN5O3S/c1-26(15-19-3-2-12-31-19)20(29)16-32-22-25-24-21(17-4-6-18(23)7-5-17)28(22)9-8-27-10-13-30-14-11-27/h2-7,12H,8-11,13-16H2,1H3. The van der Waals surface area contributed by atoms with Crippen LogP contribution in [0.3, 0.4) is 0 Å². The molecule has 4 rings (SSSR count). The highest BCUT2D eigenvalue weighted by molar-refractivity contribution is 7.99. The van der Waals surface area contributed by atoms with Crippen LogP contribution in [0.1, 0.15) is 5.76 Å². The summed E-state index contributed by atoms with van der Waals surface area (Å²) in [7, 11) is 1.75. The van der Waals surface area contributed by atoms with Gasteiger partial charge in [0, 0.05) is 38.8 Å². The van der Waals surface area contributed by atoms with E-state index in [1.807, 2.05) is 10.6 Å². The van der Waals surface area contributed by atoms with Gasteiger partial charge in [0.2, 0.25) is 5.91 Å². The number of carbonyl (C=O) groups excluding carboxylic acids is 1. The molecule has 10 heteroatoms. The Balaban J connectivity index is 1.46. The van der Waals surface area contributed by atoms with Gasteiger partial charge in [-0.1, -0.05) is 11.8 Å². The highest BCUT2D eigenvalue weighted by atomic mass is 32.2. The van der Waals surface area contributed by atoms with E-state index in [2.05, 4.69) is 15.1 Å². The van der Waals surface area contributed by atoms with Crippen LogP contribution < -0.4 is 0 Å². The maximum absolute atomic E-state index is 13.4. The van der Waals surface area contributed by atoms with Crippen LogP contribution in [0.2, 0.25) is 0 Å². The average molecular weight is 460 g/mol. The second-order valence-electron chi connectivity index (χ2n) is 7.54. The number of benzene rings is 1. The van der Waals surface area contributed by atoms with Crippen molar-refractivity contribution in [3.8, 4) is 11.4 Å². The van der Waals surface area contributed by atoms with Gasteiger partial charge in [-0.15, -0.1) is 10.2 Å². The van der Waals surface area contributed by atoms with Crippen molar-refractivity contribution in [3.63, 3.8) is 0 Å². The lowest BCUT2D eigenvalue weighted by atomic mass is 10.2. The lowest BCUT2D eigenvalue weighted by Crippen LogP contribution is -2.38. The van der Waals surface area contributed by atoms with Gasteiger partial charge < -0.3 is 18.6 Å². The van der Waals surface area contributed by atoms with Gasteiger partial charge in [-0.05, 0) is 36.4 Å². The molecule has 1 aromatic carbocycles. The summed E-state index contributed by atoms with van der Waals surface area (Å²) in [6, 6.07) is 9.86. The lowest BCUT2D eigenvalue weighted by molar-refractivity contribution is -0.127. The first-order chi connectivity index (χ1) is 15.6. The fourth-order valence-corrected chi connectivity index (χ4v) is 4.34. The molecule has 32 heavy (non-hydrogen) atoms. The van der Waals surface area contributed by atoms with Gasteiger partial charge in [-0.3, -0.25) is 9.69 Å². The third-order valence-electron chi connectivity index (χ3n) is 5.29. The van der Waals surface area contributed by atoms with Crippen LogP contribution in [0, 0.1) is 5.82 Å². The molecular weight excluding hydrogens is 433 g/mol. The van der Waals surface area contributed by atoms with Crippen molar-refractivity contribution in [1.29, 1.82) is 0 Å². The van der Waals surface area contributed by atoms with E-state index in [9.17, 15) is 9.18 Å². The second kappa shape index (κ2) is 10.8. The van der Waals surface area contributed by atoms with E-state index in [4.69, 9.17) is 9.15 Å². The van der Waals surface area contributed by atoms with Crippen molar-refractivity contribution in [2.45, 2.75) is 18.2 Å². The Labute approximate surface area is 190 Å². The number of furan rings is 1. The fraction of sp³-hybridized carbons (Fsp3) is 0.409. The minimum absolute atomic E-state index is 0.0301. The first-order valence-electron chi connectivity index (χ1n) is 10.5.